The van der Waals surface area contributed by atoms with Crippen LogP contribution in [0.5, 0.6) is 0 Å². The lowest BCUT2D eigenvalue weighted by molar-refractivity contribution is -0.113. The molecule has 0 aliphatic carbocycles. The van der Waals surface area contributed by atoms with Crippen molar-refractivity contribution in [1.82, 2.24) is 14.9 Å². The van der Waals surface area contributed by atoms with E-state index in [0.717, 1.165) is 22.9 Å². The molecule has 0 aliphatic rings. The van der Waals surface area contributed by atoms with Crippen molar-refractivity contribution < 1.29 is 9.59 Å². The van der Waals surface area contributed by atoms with Gasteiger partial charge in [0.1, 0.15) is 0 Å². The van der Waals surface area contributed by atoms with Crippen molar-refractivity contribution in [2.75, 3.05) is 11.1 Å². The molecule has 182 valence electrons. The van der Waals surface area contributed by atoms with Gasteiger partial charge < -0.3 is 10.6 Å². The van der Waals surface area contributed by atoms with Crippen molar-refractivity contribution in [3.8, 4) is 0 Å². The van der Waals surface area contributed by atoms with E-state index in [2.05, 4.69) is 22.2 Å². The first-order valence-corrected chi connectivity index (χ1v) is 12.4. The summed E-state index contributed by atoms with van der Waals surface area (Å²) < 4.78 is 1.50. The second-order valence-electron chi connectivity index (χ2n) is 8.17. The fourth-order valence-electron chi connectivity index (χ4n) is 3.64. The molecule has 2 N–H and O–H groups in total. The van der Waals surface area contributed by atoms with E-state index in [1.165, 1.54) is 4.57 Å². The number of carbonyl (C=O) groups excluding carboxylic acids is 2. The van der Waals surface area contributed by atoms with Crippen LogP contribution in [-0.2, 0) is 17.9 Å². The molecular weight excluding hydrogens is 472 g/mol. The van der Waals surface area contributed by atoms with E-state index in [1.807, 2.05) is 37.3 Å². The highest BCUT2D eigenvalue weighted by Crippen LogP contribution is 2.20. The predicted octanol–water partition coefficient (Wildman–Crippen LogP) is 4.55. The van der Waals surface area contributed by atoms with Crippen LogP contribution < -0.4 is 16.2 Å². The quantitative estimate of drug-likeness (QED) is 0.201. The number of amides is 2. The summed E-state index contributed by atoms with van der Waals surface area (Å²) in [5.41, 5.74) is 3.31. The van der Waals surface area contributed by atoms with Crippen molar-refractivity contribution >= 4 is 40.2 Å². The Balaban J connectivity index is 1.45. The number of hydrogen-bond donors (Lipinski definition) is 2. The van der Waals surface area contributed by atoms with E-state index in [4.69, 9.17) is 0 Å². The van der Waals surface area contributed by atoms with Crippen molar-refractivity contribution in [1.29, 1.82) is 0 Å². The third-order valence-electron chi connectivity index (χ3n) is 5.49. The van der Waals surface area contributed by atoms with Gasteiger partial charge in [0.05, 0.1) is 27.9 Å². The van der Waals surface area contributed by atoms with Gasteiger partial charge in [0, 0.05) is 13.1 Å². The van der Waals surface area contributed by atoms with Gasteiger partial charge in [-0.25, -0.2) is 4.98 Å². The number of nitrogens with one attached hydrogen (secondary N) is 2. The lowest BCUT2D eigenvalue weighted by Crippen LogP contribution is -2.26. The molecule has 4 rings (SSSR count). The van der Waals surface area contributed by atoms with E-state index in [1.54, 1.807) is 48.5 Å². The first-order chi connectivity index (χ1) is 17.5. The molecule has 7 nitrogen and oxygen atoms in total. The number of rotatable bonds is 9. The molecule has 0 atom stereocenters. The van der Waals surface area contributed by atoms with Crippen LogP contribution in [0.1, 0.15) is 21.5 Å². The fourth-order valence-corrected chi connectivity index (χ4v) is 4.45. The van der Waals surface area contributed by atoms with Crippen LogP contribution in [0.15, 0.2) is 95.4 Å². The number of benzene rings is 3. The monoisotopic (exact) mass is 498 g/mol. The highest BCUT2D eigenvalue weighted by atomic mass is 32.2. The van der Waals surface area contributed by atoms with Gasteiger partial charge in [-0.3, -0.25) is 19.0 Å². The number of hydrogen-bond acceptors (Lipinski definition) is 5. The molecule has 3 aromatic carbocycles. The minimum atomic E-state index is -0.314. The Kier molecular flexibility index (Phi) is 7.97. The van der Waals surface area contributed by atoms with Crippen molar-refractivity contribution in [3.05, 3.63) is 112 Å². The van der Waals surface area contributed by atoms with E-state index >= 15 is 0 Å². The lowest BCUT2D eigenvalue weighted by atomic mass is 10.1. The van der Waals surface area contributed by atoms with Gasteiger partial charge in [0.25, 0.3) is 11.5 Å². The Morgan fingerprint density at radius 2 is 1.75 bits per heavy atom. The first kappa shape index (κ1) is 24.9. The molecule has 0 bridgehead atoms. The second-order valence-corrected chi connectivity index (χ2v) is 9.11. The molecule has 1 heterocycles. The maximum absolute atomic E-state index is 12.9. The van der Waals surface area contributed by atoms with Crippen LogP contribution >= 0.6 is 11.8 Å². The average Bonchev–Trinajstić information content (AvgIpc) is 2.89. The topological polar surface area (TPSA) is 93.1 Å². The number of fused-ring (bicyclic) bond motifs is 1. The maximum atomic E-state index is 12.9. The normalized spacial score (nSPS) is 10.7. The molecule has 2 amide bonds. The minimum Gasteiger partial charge on any atom is -0.348 e. The number of allylic oxidation sites excluding steroid dienone is 1. The van der Waals surface area contributed by atoms with Crippen LogP contribution in [0.4, 0.5) is 5.69 Å². The maximum Gasteiger partial charge on any atom is 0.262 e. The van der Waals surface area contributed by atoms with Gasteiger partial charge in [0.2, 0.25) is 5.91 Å². The van der Waals surface area contributed by atoms with Gasteiger partial charge in [-0.05, 0) is 36.8 Å². The largest absolute Gasteiger partial charge is 0.348 e. The zero-order chi connectivity index (χ0) is 25.5. The first-order valence-electron chi connectivity index (χ1n) is 11.4. The zero-order valence-electron chi connectivity index (χ0n) is 19.9. The van der Waals surface area contributed by atoms with Gasteiger partial charge in [-0.1, -0.05) is 71.9 Å². The summed E-state index contributed by atoms with van der Waals surface area (Å²) in [7, 11) is 0. The second kappa shape index (κ2) is 11.5. The van der Waals surface area contributed by atoms with Gasteiger partial charge in [0.15, 0.2) is 5.16 Å². The number of aryl methyl sites for hydroxylation is 1. The molecule has 0 unspecified atom stereocenters. The predicted molar refractivity (Wildman–Crippen MR) is 144 cm³/mol. The summed E-state index contributed by atoms with van der Waals surface area (Å²) in [5, 5.41) is 6.65. The van der Waals surface area contributed by atoms with Crippen molar-refractivity contribution in [2.45, 2.75) is 25.2 Å². The Morgan fingerprint density at radius 3 is 2.53 bits per heavy atom. The Hall–Kier alpha value is -4.17. The molecule has 1 aromatic heterocycles. The number of para-hydroxylation sites is 2. The molecule has 0 radical (unpaired) electrons. The SMILES string of the molecule is C=CCn1c(SCC(=O)Nc2ccccc2C(=O)NCc2ccc(C)cc2)nc2ccccc2c1=O. The average molecular weight is 499 g/mol. The number of aromatic nitrogens is 2. The van der Waals surface area contributed by atoms with Crippen LogP contribution in [0.2, 0.25) is 0 Å². The summed E-state index contributed by atoms with van der Waals surface area (Å²) in [6.07, 6.45) is 1.62. The van der Waals surface area contributed by atoms with Gasteiger partial charge in [-0.15, -0.1) is 6.58 Å². The Morgan fingerprint density at radius 1 is 1.03 bits per heavy atom. The summed E-state index contributed by atoms with van der Waals surface area (Å²) in [5.74, 6) is -0.581. The molecule has 0 saturated carbocycles. The zero-order valence-corrected chi connectivity index (χ0v) is 20.7. The third-order valence-corrected chi connectivity index (χ3v) is 6.47. The van der Waals surface area contributed by atoms with E-state index in [0.29, 0.717) is 33.9 Å². The summed E-state index contributed by atoms with van der Waals surface area (Å²) in [6, 6.07) is 21.9. The summed E-state index contributed by atoms with van der Waals surface area (Å²) >= 11 is 1.16. The highest BCUT2D eigenvalue weighted by Gasteiger charge is 2.15. The Labute approximate surface area is 213 Å². The molecule has 0 saturated heterocycles. The molecular formula is C28H26N4O3S. The number of thioether (sulfide) groups is 1. The van der Waals surface area contributed by atoms with E-state index in [9.17, 15) is 14.4 Å². The van der Waals surface area contributed by atoms with E-state index in [-0.39, 0.29) is 29.7 Å². The van der Waals surface area contributed by atoms with Crippen molar-refractivity contribution in [2.24, 2.45) is 0 Å². The Bertz CT molecular complexity index is 1480. The number of nitrogens with zero attached hydrogens (tertiary/aromatic N) is 2. The van der Waals surface area contributed by atoms with Crippen LogP contribution in [0.3, 0.4) is 0 Å². The minimum absolute atomic E-state index is 0.0151. The standard InChI is InChI=1S/C28H26N4O3S/c1-3-16-32-27(35)22-9-5-7-11-24(22)31-28(32)36-18-25(33)30-23-10-6-4-8-21(23)26(34)29-17-20-14-12-19(2)13-15-20/h3-15H,1,16-18H2,2H3,(H,29,34)(H,30,33). The molecule has 4 aromatic rings. The molecule has 0 aliphatic heterocycles. The number of carbonyl (C=O) groups is 2. The molecule has 8 heteroatoms. The summed E-state index contributed by atoms with van der Waals surface area (Å²) in [6.45, 7) is 6.39. The number of anilines is 1. The smallest absolute Gasteiger partial charge is 0.262 e. The fraction of sp³-hybridized carbons (Fsp3) is 0.143. The van der Waals surface area contributed by atoms with E-state index < -0.39 is 0 Å². The summed E-state index contributed by atoms with van der Waals surface area (Å²) in [4.78, 5) is 43.1. The third kappa shape index (κ3) is 5.90. The van der Waals surface area contributed by atoms with Crippen molar-refractivity contribution in [3.63, 3.8) is 0 Å². The van der Waals surface area contributed by atoms with Crippen LogP contribution in [-0.4, -0.2) is 27.1 Å². The van der Waals surface area contributed by atoms with Crippen LogP contribution in [0, 0.1) is 6.92 Å². The van der Waals surface area contributed by atoms with Gasteiger partial charge >= 0.3 is 0 Å². The molecule has 36 heavy (non-hydrogen) atoms. The molecule has 0 spiro atoms. The highest BCUT2D eigenvalue weighted by molar-refractivity contribution is 7.99. The van der Waals surface area contributed by atoms with Crippen LogP contribution in [0.25, 0.3) is 10.9 Å². The molecule has 0 fully saturated rings. The van der Waals surface area contributed by atoms with Gasteiger partial charge in [-0.2, -0.15) is 0 Å². The lowest BCUT2D eigenvalue weighted by Gasteiger charge is -2.13.